The first-order chi connectivity index (χ1) is 22.0. The van der Waals surface area contributed by atoms with Gasteiger partial charge in [-0.2, -0.15) is 0 Å². The Bertz CT molecular complexity index is 1530. The number of carbonyl (C=O) groups is 5. The molecule has 2 aliphatic rings. The summed E-state index contributed by atoms with van der Waals surface area (Å²) >= 11 is 6.32. The van der Waals surface area contributed by atoms with Gasteiger partial charge in [-0.15, -0.1) is 0 Å². The molecular formula is C32H43ClN6O8. The summed E-state index contributed by atoms with van der Waals surface area (Å²) in [6, 6.07) is -2.79. The average Bonchev–Trinajstić information content (AvgIpc) is 3.52. The van der Waals surface area contributed by atoms with Gasteiger partial charge in [-0.25, -0.2) is 0 Å². The second-order valence-corrected chi connectivity index (χ2v) is 12.2. The first-order valence-electron chi connectivity index (χ1n) is 15.1. The molecule has 6 atom stereocenters. The standard InChI is InChI=1S/C32H43ClN6O8/c1-8-16(5)22(27(34)42)37-28(43)19-11-10-12-39(19)31(46)26-32(6,9-2)47-20-14-17(13-18(33)25(20)41)24(40)23(35-7)30(45)36-21(15(3)4)29(44)38-26/h10-11,13-14,19,21,23-24,26,35,40-41H,3,8-9,12H2,1-2,4-7H3,(H2,34,42)(H,36,45)(H,37,43)(H,38,44)/b22-16+/t19-,21?,23?,24-,26?,32+/m0/s1. The van der Waals surface area contributed by atoms with Gasteiger partial charge >= 0.3 is 0 Å². The number of amides is 5. The highest BCUT2D eigenvalue weighted by Gasteiger charge is 2.47. The number of nitrogens with one attached hydrogen (secondary N) is 4. The molecule has 256 valence electrons. The van der Waals surface area contributed by atoms with E-state index in [9.17, 15) is 34.2 Å². The molecule has 2 aliphatic heterocycles. The lowest BCUT2D eigenvalue weighted by Gasteiger charge is -2.40. The van der Waals surface area contributed by atoms with Gasteiger partial charge in [-0.3, -0.25) is 24.0 Å². The fourth-order valence-corrected chi connectivity index (χ4v) is 5.51. The van der Waals surface area contributed by atoms with Gasteiger partial charge in [0.2, 0.25) is 11.8 Å². The minimum absolute atomic E-state index is 0.0330. The summed E-state index contributed by atoms with van der Waals surface area (Å²) in [5, 5.41) is 32.4. The van der Waals surface area contributed by atoms with Crippen molar-refractivity contribution < 1.29 is 38.9 Å². The highest BCUT2D eigenvalue weighted by molar-refractivity contribution is 6.32. The number of ether oxygens (including phenoxy) is 1. The second kappa shape index (κ2) is 15.0. The predicted molar refractivity (Wildman–Crippen MR) is 174 cm³/mol. The number of phenols is 1. The minimum atomic E-state index is -1.61. The van der Waals surface area contributed by atoms with E-state index in [0.717, 1.165) is 0 Å². The molecule has 1 aromatic rings. The number of allylic oxidation sites excluding steroid dienone is 1. The van der Waals surface area contributed by atoms with Crippen LogP contribution in [-0.2, 0) is 24.0 Å². The third-order valence-electron chi connectivity index (χ3n) is 8.49. The lowest BCUT2D eigenvalue weighted by molar-refractivity contribution is -0.146. The number of halogens is 1. The summed E-state index contributed by atoms with van der Waals surface area (Å²) in [4.78, 5) is 68.4. The van der Waals surface area contributed by atoms with Crippen LogP contribution in [0.1, 0.15) is 59.1 Å². The Kier molecular flexibility index (Phi) is 11.8. The van der Waals surface area contributed by atoms with Crippen LogP contribution in [0, 0.1) is 0 Å². The molecule has 0 aromatic heterocycles. The molecule has 15 heteroatoms. The molecular weight excluding hydrogens is 632 g/mol. The van der Waals surface area contributed by atoms with Crippen molar-refractivity contribution in [2.45, 2.75) is 83.3 Å². The van der Waals surface area contributed by atoms with E-state index in [0.29, 0.717) is 12.0 Å². The smallest absolute Gasteiger partial charge is 0.265 e. The molecule has 0 fully saturated rings. The van der Waals surface area contributed by atoms with Crippen LogP contribution >= 0.6 is 11.6 Å². The molecule has 1 aromatic carbocycles. The average molecular weight is 675 g/mol. The van der Waals surface area contributed by atoms with Gasteiger partial charge in [0.05, 0.1) is 5.02 Å². The van der Waals surface area contributed by atoms with Crippen LogP contribution in [-0.4, -0.2) is 88.0 Å². The lowest BCUT2D eigenvalue weighted by Crippen LogP contribution is -2.65. The fourth-order valence-electron chi connectivity index (χ4n) is 5.29. The van der Waals surface area contributed by atoms with Crippen LogP contribution in [0.25, 0.3) is 0 Å². The molecule has 14 nitrogen and oxygen atoms in total. The fraction of sp³-hybridized carbons (Fsp3) is 0.469. The Morgan fingerprint density at radius 1 is 1.19 bits per heavy atom. The van der Waals surface area contributed by atoms with Crippen molar-refractivity contribution in [2.24, 2.45) is 5.73 Å². The SMILES string of the molecule is C=C(C)C1NC(=O)C(NC)[C@@H](O)c2cc(Cl)c(O)c(c2)O[C@](C)(CC)C(C(=O)N2CC=C[C@H]2C(=O)N/C(C(N)=O)=C(\C)CC)NC1=O. The van der Waals surface area contributed by atoms with E-state index in [1.165, 1.54) is 44.0 Å². The zero-order valence-corrected chi connectivity index (χ0v) is 28.0. The summed E-state index contributed by atoms with van der Waals surface area (Å²) in [6.07, 6.45) is 2.06. The van der Waals surface area contributed by atoms with Crippen molar-refractivity contribution in [1.29, 1.82) is 0 Å². The van der Waals surface area contributed by atoms with Crippen LogP contribution in [0.2, 0.25) is 5.02 Å². The normalized spacial score (nSPS) is 26.8. The molecule has 0 aliphatic carbocycles. The highest BCUT2D eigenvalue weighted by atomic mass is 35.5. The first-order valence-corrected chi connectivity index (χ1v) is 15.5. The molecule has 5 amide bonds. The van der Waals surface area contributed by atoms with E-state index in [1.807, 2.05) is 0 Å². The Morgan fingerprint density at radius 3 is 2.40 bits per heavy atom. The van der Waals surface area contributed by atoms with Crippen molar-refractivity contribution in [1.82, 2.24) is 26.2 Å². The molecule has 2 bridgehead atoms. The minimum Gasteiger partial charge on any atom is -0.503 e. The van der Waals surface area contributed by atoms with Crippen LogP contribution in [0.3, 0.4) is 0 Å². The van der Waals surface area contributed by atoms with Crippen molar-refractivity contribution in [2.75, 3.05) is 13.6 Å². The van der Waals surface area contributed by atoms with Gasteiger partial charge in [-0.05, 0) is 69.5 Å². The van der Waals surface area contributed by atoms with E-state index >= 15 is 0 Å². The number of rotatable bonds is 8. The van der Waals surface area contributed by atoms with Crippen LogP contribution in [0.4, 0.5) is 0 Å². The number of nitrogens with zero attached hydrogens (tertiary/aromatic N) is 1. The summed E-state index contributed by atoms with van der Waals surface area (Å²) < 4.78 is 6.29. The number of aliphatic hydroxyl groups is 1. The maximum atomic E-state index is 14.5. The monoisotopic (exact) mass is 674 g/mol. The maximum absolute atomic E-state index is 14.5. The van der Waals surface area contributed by atoms with Crippen LogP contribution in [0.15, 0.2) is 47.7 Å². The zero-order valence-electron chi connectivity index (χ0n) is 27.3. The van der Waals surface area contributed by atoms with Crippen molar-refractivity contribution in [3.63, 3.8) is 0 Å². The number of hydrogen-bond donors (Lipinski definition) is 7. The van der Waals surface area contributed by atoms with Crippen molar-refractivity contribution >= 4 is 41.1 Å². The number of aliphatic hydroxyl groups excluding tert-OH is 1. The number of phenolic OH excluding ortho intramolecular Hbond substituents is 1. The van der Waals surface area contributed by atoms with E-state index < -0.39 is 71.2 Å². The van der Waals surface area contributed by atoms with Crippen LogP contribution < -0.4 is 31.7 Å². The molecule has 0 saturated heterocycles. The predicted octanol–water partition coefficient (Wildman–Crippen LogP) is 0.826. The maximum Gasteiger partial charge on any atom is 0.265 e. The van der Waals surface area contributed by atoms with Gasteiger partial charge in [0, 0.05) is 6.54 Å². The number of benzene rings is 1. The Morgan fingerprint density at radius 2 is 1.85 bits per heavy atom. The number of primary amides is 1. The third kappa shape index (κ3) is 7.77. The van der Waals surface area contributed by atoms with Crippen molar-refractivity contribution in [3.05, 3.63) is 58.3 Å². The van der Waals surface area contributed by atoms with E-state index in [2.05, 4.69) is 27.8 Å². The molecule has 8 N–H and O–H groups in total. The topological polar surface area (TPSA) is 212 Å². The summed E-state index contributed by atoms with van der Waals surface area (Å²) in [5.74, 6) is -4.62. The quantitative estimate of drug-likeness (QED) is 0.153. The number of likely N-dealkylation sites (N-methyl/N-ethyl adjacent to an activating group) is 1. The summed E-state index contributed by atoms with van der Waals surface area (Å²) in [7, 11) is 1.44. The number of aromatic hydroxyl groups is 1. The Hall–Kier alpha value is -4.40. The van der Waals surface area contributed by atoms with Gasteiger partial charge in [0.1, 0.15) is 41.6 Å². The molecule has 3 rings (SSSR count). The number of carbonyl (C=O) groups excluding carboxylic acids is 5. The Labute approximate surface area is 278 Å². The van der Waals surface area contributed by atoms with Crippen LogP contribution in [0.5, 0.6) is 11.5 Å². The number of nitrogens with two attached hydrogens (primary N) is 1. The molecule has 2 heterocycles. The first kappa shape index (κ1) is 37.1. The second-order valence-electron chi connectivity index (χ2n) is 11.8. The third-order valence-corrected chi connectivity index (χ3v) is 8.78. The van der Waals surface area contributed by atoms with Gasteiger partial charge < -0.3 is 46.9 Å². The summed E-state index contributed by atoms with van der Waals surface area (Å²) in [5.41, 5.74) is 4.66. The molecule has 0 spiro atoms. The lowest BCUT2D eigenvalue weighted by atomic mass is 9.90. The van der Waals surface area contributed by atoms with Crippen molar-refractivity contribution in [3.8, 4) is 11.5 Å². The van der Waals surface area contributed by atoms with E-state index in [4.69, 9.17) is 22.1 Å². The van der Waals surface area contributed by atoms with Gasteiger partial charge in [0.25, 0.3) is 17.7 Å². The molecule has 47 heavy (non-hydrogen) atoms. The number of hydrogen-bond acceptors (Lipinski definition) is 9. The van der Waals surface area contributed by atoms with Gasteiger partial charge in [0.15, 0.2) is 11.5 Å². The number of fused-ring (bicyclic) bond motifs is 2. The zero-order chi connectivity index (χ0) is 35.4. The van der Waals surface area contributed by atoms with E-state index in [1.54, 1.807) is 26.8 Å². The molecule has 3 unspecified atom stereocenters. The Balaban J connectivity index is 2.16. The largest absolute Gasteiger partial charge is 0.503 e. The van der Waals surface area contributed by atoms with Gasteiger partial charge in [-0.1, -0.05) is 44.2 Å². The summed E-state index contributed by atoms with van der Waals surface area (Å²) in [6.45, 7) is 11.9. The highest BCUT2D eigenvalue weighted by Crippen LogP contribution is 2.41. The van der Waals surface area contributed by atoms with E-state index in [-0.39, 0.29) is 40.6 Å². The molecule has 0 radical (unpaired) electrons. The molecule has 0 saturated carbocycles.